The summed E-state index contributed by atoms with van der Waals surface area (Å²) in [5.41, 5.74) is -2.66. The molecule has 0 radical (unpaired) electrons. The maximum absolute atomic E-state index is 15.7. The Labute approximate surface area is 611 Å². The molecule has 2 N–H and O–H groups in total. The number of terminal acetylenes is 1. The molecule has 576 valence electrons. The highest BCUT2D eigenvalue weighted by molar-refractivity contribution is 6.01. The van der Waals surface area contributed by atoms with Gasteiger partial charge in [-0.1, -0.05) is 75.1 Å². The Morgan fingerprint density at radius 1 is 0.724 bits per heavy atom. The molecule has 1 spiro atoms. The highest BCUT2D eigenvalue weighted by atomic mass is 19.4. The monoisotopic (exact) mass is 1470 g/mol. The summed E-state index contributed by atoms with van der Waals surface area (Å²) in [6.45, 7) is 5.31. The Bertz CT molecular complexity index is 3610. The zero-order valence-corrected chi connectivity index (χ0v) is 62.6. The van der Waals surface area contributed by atoms with Crippen molar-refractivity contribution < 1.29 is 84.2 Å². The van der Waals surface area contributed by atoms with Crippen molar-refractivity contribution in [3.63, 3.8) is 0 Å². The van der Waals surface area contributed by atoms with Gasteiger partial charge < -0.3 is 64.4 Å². The van der Waals surface area contributed by atoms with Crippen LogP contribution < -0.4 is 10.6 Å². The second kappa shape index (κ2) is 35.9. The first-order chi connectivity index (χ1) is 49.4. The normalized spacial score (nSPS) is 26.3. The topological polar surface area (TPSA) is 271 Å². The van der Waals surface area contributed by atoms with Crippen LogP contribution in [0.1, 0.15) is 133 Å². The SMILES string of the molecule is C#CC[C@H]1C(=O)N[C@@H]([C@@H](C)CC)C(=O)N(C)CC(=O)N(C)[C@H]2C/C=C\CCN(C2=O)[C@@H](Cc2ccc(C)cc2)C(=O)N(C)CC(=O)N[C@H](CCc2cc(F)c(C(F)(F)F)c(F)c2)C(=O)N2C[C@H](OCC)C[C@H]2C(=O)N(C)C2(CCC2)C(=O)N(C)[C@@H](C2CCCC2)C(=O)N(C)[C@H](C(=O)N(C)C)CC(=O)N1C. The highest BCUT2D eigenvalue weighted by Gasteiger charge is 2.56. The third-order valence-electron chi connectivity index (χ3n) is 21.7. The Morgan fingerprint density at radius 3 is 1.92 bits per heavy atom. The minimum atomic E-state index is -5.42. The lowest BCUT2D eigenvalue weighted by Gasteiger charge is -2.51. The molecule has 2 aromatic carbocycles. The van der Waals surface area contributed by atoms with Crippen LogP contribution in [0.3, 0.4) is 0 Å². The first-order valence-corrected chi connectivity index (χ1v) is 36.0. The summed E-state index contributed by atoms with van der Waals surface area (Å²) in [6, 6.07) is -3.38. The molecule has 25 nitrogen and oxygen atoms in total. The van der Waals surface area contributed by atoms with Gasteiger partial charge in [-0.05, 0) is 107 Å². The number of fused-ring (bicyclic) bond motifs is 3. The van der Waals surface area contributed by atoms with Gasteiger partial charge in [-0.15, -0.1) is 12.3 Å². The smallest absolute Gasteiger partial charge is 0.377 e. The van der Waals surface area contributed by atoms with Crippen LogP contribution in [-0.2, 0) is 81.3 Å². The molecule has 7 rings (SSSR count). The molecule has 2 aromatic rings. The highest BCUT2D eigenvalue weighted by Crippen LogP contribution is 2.43. The number of halogens is 5. The Balaban J connectivity index is 1.35. The Hall–Kier alpha value is -9.01. The van der Waals surface area contributed by atoms with Gasteiger partial charge in [0.2, 0.25) is 70.9 Å². The number of likely N-dealkylation sites (N-methyl/N-ethyl adjacent to an activating group) is 8. The van der Waals surface area contributed by atoms with E-state index in [1.165, 1.54) is 83.0 Å². The molecule has 3 aliphatic heterocycles. The molecular formula is C75H103F5N12O13. The summed E-state index contributed by atoms with van der Waals surface area (Å²) in [6.07, 6.45) is 4.09. The number of hydrogen-bond acceptors (Lipinski definition) is 13. The molecule has 2 aliphatic carbocycles. The first-order valence-electron chi connectivity index (χ1n) is 36.0. The molecule has 2 saturated carbocycles. The summed E-state index contributed by atoms with van der Waals surface area (Å²) in [7, 11) is 12.3. The molecule has 3 heterocycles. The van der Waals surface area contributed by atoms with Crippen LogP contribution in [-0.4, -0.2) is 276 Å². The van der Waals surface area contributed by atoms with Gasteiger partial charge in [-0.25, -0.2) is 8.78 Å². The number of hydrogen-bond donors (Lipinski definition) is 2. The lowest BCUT2D eigenvalue weighted by Crippen LogP contribution is -2.68. The van der Waals surface area contributed by atoms with Crippen molar-refractivity contribution in [1.82, 2.24) is 59.6 Å². The molecule has 4 fully saturated rings. The molecule has 10 atom stereocenters. The van der Waals surface area contributed by atoms with E-state index in [-0.39, 0.29) is 70.2 Å². The molecule has 2 saturated heterocycles. The second-order valence-corrected chi connectivity index (χ2v) is 28.9. The summed E-state index contributed by atoms with van der Waals surface area (Å²) in [5.74, 6) is -11.9. The predicted molar refractivity (Wildman–Crippen MR) is 377 cm³/mol. The van der Waals surface area contributed by atoms with E-state index in [0.717, 1.165) is 35.0 Å². The van der Waals surface area contributed by atoms with Gasteiger partial charge in [0.05, 0.1) is 25.6 Å². The van der Waals surface area contributed by atoms with Crippen molar-refractivity contribution in [2.45, 2.75) is 197 Å². The van der Waals surface area contributed by atoms with E-state index in [1.54, 1.807) is 57.2 Å². The number of carbonyl (C=O) groups excluding carboxylic acids is 12. The quantitative estimate of drug-likeness (QED) is 0.170. The fraction of sp³-hybridized carbons (Fsp3) is 0.627. The van der Waals surface area contributed by atoms with Gasteiger partial charge in [0.25, 0.3) is 0 Å². The summed E-state index contributed by atoms with van der Waals surface area (Å²) < 4.78 is 78.1. The number of amides is 12. The molecular weight excluding hydrogens is 1370 g/mol. The number of rotatable bonds is 12. The number of ether oxygens (including phenoxy) is 1. The fourth-order valence-electron chi connectivity index (χ4n) is 14.9. The van der Waals surface area contributed by atoms with Crippen molar-refractivity contribution in [2.75, 3.05) is 96.2 Å². The third-order valence-corrected chi connectivity index (χ3v) is 21.7. The summed E-state index contributed by atoms with van der Waals surface area (Å²) in [5, 5.41) is 5.41. The van der Waals surface area contributed by atoms with Gasteiger partial charge in [0, 0.05) is 102 Å². The minimum absolute atomic E-state index is 0.0481. The van der Waals surface area contributed by atoms with Gasteiger partial charge >= 0.3 is 6.18 Å². The molecule has 0 aromatic heterocycles. The average Bonchev–Trinajstić information content (AvgIpc) is 1.65. The Kier molecular flexibility index (Phi) is 28.4. The minimum Gasteiger partial charge on any atom is -0.377 e. The van der Waals surface area contributed by atoms with Crippen molar-refractivity contribution >= 4 is 70.9 Å². The van der Waals surface area contributed by atoms with Crippen LogP contribution in [0.25, 0.3) is 0 Å². The van der Waals surface area contributed by atoms with Crippen molar-refractivity contribution in [2.24, 2.45) is 11.8 Å². The van der Waals surface area contributed by atoms with Gasteiger partial charge in [0.1, 0.15) is 71.1 Å². The van der Waals surface area contributed by atoms with E-state index in [0.29, 0.717) is 56.2 Å². The maximum atomic E-state index is 15.7. The molecule has 30 heteroatoms. The maximum Gasteiger partial charge on any atom is 0.422 e. The van der Waals surface area contributed by atoms with Crippen LogP contribution in [0.2, 0.25) is 0 Å². The standard InChI is InChI=1S/C75H103F5N12O13/c1-15-24-54-65(96)82-63(46(5)16-2)71(102)85(9)44-61(95)87(11)55-27-19-18-22-36-91(70(55)101)57(39-47-30-28-45(4)29-31-47)68(99)84(8)43-59(93)81-53(33-32-48-37-51(76)62(52(77)38-48)75(78,79)80)66(97)92-42-50(105-17-3)40-58(92)69(100)90(14)74(34-23-35-74)73(104)89(13)64(49-25-20-21-26-49)72(103)88(12)56(67(98)83(6)7)41-60(94)86(54)10/h1,18-19,28-31,37-38,46,49-50,53-58,63-64H,16-17,20-27,32-36,39-44H2,2-14H3,(H,81,93)(H,82,96)/b19-18-/t46-,50+,53+,54-,55-,56-,57-,58-,63-,64-/m0/s1. The second-order valence-electron chi connectivity index (χ2n) is 28.9. The molecule has 105 heavy (non-hydrogen) atoms. The first kappa shape index (κ1) is 83.3. The number of nitrogens with one attached hydrogen (secondary N) is 2. The largest absolute Gasteiger partial charge is 0.422 e. The van der Waals surface area contributed by atoms with Gasteiger partial charge in [-0.3, -0.25) is 57.5 Å². The van der Waals surface area contributed by atoms with Crippen LogP contribution in [0.15, 0.2) is 48.6 Å². The number of alkyl halides is 3. The van der Waals surface area contributed by atoms with Crippen LogP contribution >= 0.6 is 0 Å². The fourth-order valence-corrected chi connectivity index (χ4v) is 14.9. The number of nitrogens with zero attached hydrogens (tertiary/aromatic N) is 10. The molecule has 12 amide bonds. The lowest BCUT2D eigenvalue weighted by atomic mass is 9.73. The van der Waals surface area contributed by atoms with Crippen LogP contribution in [0, 0.1) is 42.7 Å². The van der Waals surface area contributed by atoms with E-state index in [2.05, 4.69) is 16.6 Å². The average molecular weight is 1480 g/mol. The zero-order valence-electron chi connectivity index (χ0n) is 62.6. The predicted octanol–water partition coefficient (Wildman–Crippen LogP) is 4.35. The third kappa shape index (κ3) is 19.2. The summed E-state index contributed by atoms with van der Waals surface area (Å²) in [4.78, 5) is 192. The van der Waals surface area contributed by atoms with E-state index >= 15 is 37.5 Å². The Morgan fingerprint density at radius 2 is 1.35 bits per heavy atom. The van der Waals surface area contributed by atoms with Crippen LogP contribution in [0.4, 0.5) is 22.0 Å². The van der Waals surface area contributed by atoms with E-state index in [4.69, 9.17) is 11.2 Å². The van der Waals surface area contributed by atoms with Crippen molar-refractivity contribution in [3.8, 4) is 12.3 Å². The zero-order chi connectivity index (χ0) is 77.9. The van der Waals surface area contributed by atoms with Gasteiger partial charge in [-0.2, -0.15) is 13.2 Å². The molecule has 2 bridgehead atoms. The number of carbonyl (C=O) groups is 12. The van der Waals surface area contributed by atoms with E-state index < -0.39 is 198 Å². The summed E-state index contributed by atoms with van der Waals surface area (Å²) >= 11 is 0. The van der Waals surface area contributed by atoms with E-state index in [1.807, 2.05) is 6.92 Å². The number of aryl methyl sites for hydroxylation is 2. The number of benzene rings is 2. The van der Waals surface area contributed by atoms with Crippen LogP contribution in [0.5, 0.6) is 0 Å². The lowest BCUT2D eigenvalue weighted by molar-refractivity contribution is -0.166. The molecule has 5 aliphatic rings. The van der Waals surface area contributed by atoms with Gasteiger partial charge in [0.15, 0.2) is 0 Å². The van der Waals surface area contributed by atoms with Crippen molar-refractivity contribution in [3.05, 3.63) is 82.4 Å². The molecule has 0 unspecified atom stereocenters. The van der Waals surface area contributed by atoms with Crippen molar-refractivity contribution in [1.29, 1.82) is 0 Å². The van der Waals surface area contributed by atoms with E-state index in [9.17, 15) is 41.9 Å².